The molecular weight excluding hydrogens is 210 g/mol. The second-order valence-corrected chi connectivity index (χ2v) is 2.87. The van der Waals surface area contributed by atoms with Gasteiger partial charge in [-0.1, -0.05) is 5.92 Å². The number of pyridine rings is 1. The fraction of sp³-hybridized carbons (Fsp3) is 0.200. The van der Waals surface area contributed by atoms with Crippen LogP contribution in [0, 0.1) is 22.0 Å². The third-order valence-electron chi connectivity index (χ3n) is 1.60. The van der Waals surface area contributed by atoms with Crippen LogP contribution in [0.2, 0.25) is 0 Å². The summed E-state index contributed by atoms with van der Waals surface area (Å²) in [6.07, 6.45) is 1.32. The summed E-state index contributed by atoms with van der Waals surface area (Å²) < 4.78 is 0. The number of hydrogen-bond donors (Lipinski definition) is 1. The van der Waals surface area contributed by atoms with Crippen molar-refractivity contribution in [1.82, 2.24) is 10.3 Å². The molecule has 0 aliphatic carbocycles. The SMILES string of the molecule is CC(=O)NCC#Cc1cc([N+](=O)[O-])ccn1. The van der Waals surface area contributed by atoms with Crippen molar-refractivity contribution < 1.29 is 9.72 Å². The molecule has 0 fully saturated rings. The molecule has 16 heavy (non-hydrogen) atoms. The number of carbonyl (C=O) groups excluding carboxylic acids is 1. The molecule has 1 N–H and O–H groups in total. The first-order valence-corrected chi connectivity index (χ1v) is 4.43. The van der Waals surface area contributed by atoms with Crippen LogP contribution in [0.1, 0.15) is 12.6 Å². The van der Waals surface area contributed by atoms with Crippen molar-refractivity contribution in [3.05, 3.63) is 34.1 Å². The highest BCUT2D eigenvalue weighted by atomic mass is 16.6. The summed E-state index contributed by atoms with van der Waals surface area (Å²) in [7, 11) is 0. The van der Waals surface area contributed by atoms with Crippen molar-refractivity contribution in [3.8, 4) is 11.8 Å². The number of hydrogen-bond acceptors (Lipinski definition) is 4. The Balaban J connectivity index is 2.70. The van der Waals surface area contributed by atoms with Gasteiger partial charge in [0.25, 0.3) is 5.69 Å². The average molecular weight is 219 g/mol. The highest BCUT2D eigenvalue weighted by Gasteiger charge is 2.04. The number of rotatable bonds is 2. The molecule has 0 saturated heterocycles. The van der Waals surface area contributed by atoms with Gasteiger partial charge in [-0.15, -0.1) is 0 Å². The standard InChI is InChI=1S/C10H9N3O3/c1-8(14)11-5-2-3-9-7-10(13(15)16)4-6-12-9/h4,6-7H,5H2,1H3,(H,11,14). The van der Waals surface area contributed by atoms with Crippen LogP contribution in [0.15, 0.2) is 18.3 Å². The van der Waals surface area contributed by atoms with Crippen LogP contribution in [0.25, 0.3) is 0 Å². The molecule has 0 bridgehead atoms. The van der Waals surface area contributed by atoms with Crippen LogP contribution in [-0.2, 0) is 4.79 Å². The Morgan fingerprint density at radius 3 is 3.06 bits per heavy atom. The Morgan fingerprint density at radius 1 is 1.69 bits per heavy atom. The third-order valence-corrected chi connectivity index (χ3v) is 1.60. The van der Waals surface area contributed by atoms with Crippen LogP contribution in [0.4, 0.5) is 5.69 Å². The highest BCUT2D eigenvalue weighted by molar-refractivity contribution is 5.73. The van der Waals surface area contributed by atoms with Crippen molar-refractivity contribution in [1.29, 1.82) is 0 Å². The minimum Gasteiger partial charge on any atom is -0.345 e. The van der Waals surface area contributed by atoms with E-state index >= 15 is 0 Å². The molecule has 1 aromatic heterocycles. The molecule has 82 valence electrons. The molecule has 0 unspecified atom stereocenters. The van der Waals surface area contributed by atoms with Gasteiger partial charge in [-0.05, 0) is 5.92 Å². The molecule has 1 heterocycles. The van der Waals surface area contributed by atoms with E-state index in [1.807, 2.05) is 0 Å². The van der Waals surface area contributed by atoms with Gasteiger partial charge in [0.1, 0.15) is 5.69 Å². The molecule has 0 saturated carbocycles. The van der Waals surface area contributed by atoms with Crippen molar-refractivity contribution in [2.75, 3.05) is 6.54 Å². The summed E-state index contributed by atoms with van der Waals surface area (Å²) in [5.74, 6) is 5.07. The Hall–Kier alpha value is -2.42. The van der Waals surface area contributed by atoms with Gasteiger partial charge in [0.2, 0.25) is 5.91 Å². The zero-order valence-electron chi connectivity index (χ0n) is 8.56. The molecule has 0 aliphatic rings. The van der Waals surface area contributed by atoms with Crippen molar-refractivity contribution >= 4 is 11.6 Å². The summed E-state index contributed by atoms with van der Waals surface area (Å²) >= 11 is 0. The topological polar surface area (TPSA) is 85.1 Å². The predicted octanol–water partition coefficient (Wildman–Crippen LogP) is 0.477. The zero-order chi connectivity index (χ0) is 12.0. The molecule has 0 aliphatic heterocycles. The monoisotopic (exact) mass is 219 g/mol. The summed E-state index contributed by atoms with van der Waals surface area (Å²) in [6, 6.07) is 2.57. The number of nitrogens with zero attached hydrogens (tertiary/aromatic N) is 2. The van der Waals surface area contributed by atoms with Gasteiger partial charge in [0.15, 0.2) is 0 Å². The van der Waals surface area contributed by atoms with Gasteiger partial charge < -0.3 is 5.32 Å². The lowest BCUT2D eigenvalue weighted by molar-refractivity contribution is -0.385. The lowest BCUT2D eigenvalue weighted by Crippen LogP contribution is -2.19. The second-order valence-electron chi connectivity index (χ2n) is 2.87. The smallest absolute Gasteiger partial charge is 0.273 e. The lowest BCUT2D eigenvalue weighted by Gasteiger charge is -1.92. The molecule has 6 heteroatoms. The predicted molar refractivity (Wildman–Crippen MR) is 56.5 cm³/mol. The summed E-state index contributed by atoms with van der Waals surface area (Å²) in [5, 5.41) is 12.9. The first kappa shape index (κ1) is 11.7. The second kappa shape index (κ2) is 5.46. The Morgan fingerprint density at radius 2 is 2.44 bits per heavy atom. The number of nitrogens with one attached hydrogen (secondary N) is 1. The van der Waals surface area contributed by atoms with E-state index in [0.717, 1.165) is 0 Å². The Bertz CT molecular complexity index is 474. The van der Waals surface area contributed by atoms with E-state index in [0.29, 0.717) is 5.69 Å². The van der Waals surface area contributed by atoms with Gasteiger partial charge in [0, 0.05) is 19.2 Å². The summed E-state index contributed by atoms with van der Waals surface area (Å²) in [4.78, 5) is 24.3. The van der Waals surface area contributed by atoms with Crippen molar-refractivity contribution in [2.45, 2.75) is 6.92 Å². The fourth-order valence-electron chi connectivity index (χ4n) is 0.905. The molecule has 0 spiro atoms. The number of carbonyl (C=O) groups is 1. The van der Waals surface area contributed by atoms with E-state index < -0.39 is 4.92 Å². The molecule has 6 nitrogen and oxygen atoms in total. The highest BCUT2D eigenvalue weighted by Crippen LogP contribution is 2.09. The molecule has 0 atom stereocenters. The van der Waals surface area contributed by atoms with Gasteiger partial charge >= 0.3 is 0 Å². The number of aromatic nitrogens is 1. The first-order chi connectivity index (χ1) is 7.59. The molecule has 0 aromatic carbocycles. The van der Waals surface area contributed by atoms with Crippen LogP contribution in [-0.4, -0.2) is 22.4 Å². The first-order valence-electron chi connectivity index (χ1n) is 4.43. The molecule has 1 amide bonds. The van der Waals surface area contributed by atoms with Crippen LogP contribution >= 0.6 is 0 Å². The van der Waals surface area contributed by atoms with Gasteiger partial charge in [-0.3, -0.25) is 14.9 Å². The van der Waals surface area contributed by atoms with Crippen LogP contribution in [0.3, 0.4) is 0 Å². The lowest BCUT2D eigenvalue weighted by atomic mass is 10.3. The van der Waals surface area contributed by atoms with Crippen molar-refractivity contribution in [2.24, 2.45) is 0 Å². The Labute approximate surface area is 91.8 Å². The Kier molecular flexibility index (Phi) is 3.98. The number of amides is 1. The summed E-state index contributed by atoms with van der Waals surface area (Å²) in [6.45, 7) is 1.58. The average Bonchev–Trinajstić information content (AvgIpc) is 2.24. The molecule has 1 rings (SSSR count). The van der Waals surface area contributed by atoms with Crippen LogP contribution < -0.4 is 5.32 Å². The van der Waals surface area contributed by atoms with Gasteiger partial charge in [0.05, 0.1) is 17.5 Å². The minimum atomic E-state index is -0.513. The van der Waals surface area contributed by atoms with Gasteiger partial charge in [-0.2, -0.15) is 0 Å². The van der Waals surface area contributed by atoms with Crippen molar-refractivity contribution in [3.63, 3.8) is 0 Å². The van der Waals surface area contributed by atoms with E-state index in [2.05, 4.69) is 22.1 Å². The third kappa shape index (κ3) is 3.75. The number of nitro groups is 1. The zero-order valence-corrected chi connectivity index (χ0v) is 8.56. The molecule has 1 aromatic rings. The van der Waals surface area contributed by atoms with E-state index in [9.17, 15) is 14.9 Å². The quantitative estimate of drug-likeness (QED) is 0.445. The maximum atomic E-state index is 10.5. The largest absolute Gasteiger partial charge is 0.345 e. The normalized spacial score (nSPS) is 8.81. The molecular formula is C10H9N3O3. The van der Waals surface area contributed by atoms with E-state index in [1.165, 1.54) is 25.3 Å². The molecule has 0 radical (unpaired) electrons. The van der Waals surface area contributed by atoms with E-state index in [1.54, 1.807) is 0 Å². The van der Waals surface area contributed by atoms with E-state index in [-0.39, 0.29) is 18.1 Å². The van der Waals surface area contributed by atoms with E-state index in [4.69, 9.17) is 0 Å². The summed E-state index contributed by atoms with van der Waals surface area (Å²) in [5.41, 5.74) is 0.248. The maximum absolute atomic E-state index is 10.5. The fourth-order valence-corrected chi connectivity index (χ4v) is 0.905. The minimum absolute atomic E-state index is 0.0566. The van der Waals surface area contributed by atoms with Crippen LogP contribution in [0.5, 0.6) is 0 Å². The van der Waals surface area contributed by atoms with Gasteiger partial charge in [-0.25, -0.2) is 4.98 Å². The maximum Gasteiger partial charge on any atom is 0.273 e.